The summed E-state index contributed by atoms with van der Waals surface area (Å²) in [6.07, 6.45) is -0.718. The number of rotatable bonds is 5. The van der Waals surface area contributed by atoms with Crippen LogP contribution in [-0.4, -0.2) is 44.4 Å². The van der Waals surface area contributed by atoms with Crippen molar-refractivity contribution in [3.05, 3.63) is 48.5 Å². The second kappa shape index (κ2) is 8.14. The van der Waals surface area contributed by atoms with Crippen molar-refractivity contribution in [2.24, 2.45) is 0 Å². The Balaban J connectivity index is 1.73. The van der Waals surface area contributed by atoms with Gasteiger partial charge in [-0.3, -0.25) is 9.59 Å². The van der Waals surface area contributed by atoms with Gasteiger partial charge in [-0.1, -0.05) is 12.1 Å². The third-order valence-corrected chi connectivity index (χ3v) is 5.03. The van der Waals surface area contributed by atoms with E-state index in [9.17, 15) is 9.59 Å². The Morgan fingerprint density at radius 1 is 1.23 bits per heavy atom. The zero-order valence-corrected chi connectivity index (χ0v) is 15.4. The fourth-order valence-corrected chi connectivity index (χ4v) is 3.44. The highest BCUT2D eigenvalue weighted by Crippen LogP contribution is 2.34. The molecule has 0 unspecified atom stereocenters. The summed E-state index contributed by atoms with van der Waals surface area (Å²) in [5.41, 5.74) is 0.688. The monoisotopic (exact) mass is 372 g/mol. The largest absolute Gasteiger partial charge is 0.497 e. The summed E-state index contributed by atoms with van der Waals surface area (Å²) in [6, 6.07) is 14.8. The lowest BCUT2D eigenvalue weighted by Crippen LogP contribution is -2.50. The molecule has 1 aliphatic heterocycles. The van der Waals surface area contributed by atoms with Gasteiger partial charge in [-0.15, -0.1) is 11.8 Å². The van der Waals surface area contributed by atoms with Crippen molar-refractivity contribution in [1.29, 1.82) is 0 Å². The first-order valence-corrected chi connectivity index (χ1v) is 9.15. The van der Waals surface area contributed by atoms with Crippen molar-refractivity contribution in [2.45, 2.75) is 11.0 Å². The molecular formula is C19H20N2O4S. The van der Waals surface area contributed by atoms with Gasteiger partial charge < -0.3 is 19.7 Å². The van der Waals surface area contributed by atoms with Crippen LogP contribution in [0.4, 0.5) is 5.69 Å². The van der Waals surface area contributed by atoms with Gasteiger partial charge >= 0.3 is 0 Å². The van der Waals surface area contributed by atoms with E-state index in [1.807, 2.05) is 42.5 Å². The molecule has 26 heavy (non-hydrogen) atoms. The molecule has 0 saturated heterocycles. The second-order valence-electron chi connectivity index (χ2n) is 5.66. The molecule has 1 N–H and O–H groups in total. The van der Waals surface area contributed by atoms with Crippen LogP contribution in [0.1, 0.15) is 0 Å². The van der Waals surface area contributed by atoms with Crippen LogP contribution in [0, 0.1) is 0 Å². The van der Waals surface area contributed by atoms with E-state index in [1.54, 1.807) is 25.1 Å². The number of fused-ring (bicyclic) bond motifs is 1. The van der Waals surface area contributed by atoms with Crippen LogP contribution in [0.3, 0.4) is 0 Å². The Morgan fingerprint density at radius 3 is 2.65 bits per heavy atom. The third kappa shape index (κ3) is 3.94. The van der Waals surface area contributed by atoms with Gasteiger partial charge in [0.2, 0.25) is 5.91 Å². The van der Waals surface area contributed by atoms with Crippen LogP contribution in [0.2, 0.25) is 0 Å². The molecule has 0 saturated carbocycles. The summed E-state index contributed by atoms with van der Waals surface area (Å²) in [4.78, 5) is 27.4. The number of nitrogens with one attached hydrogen (secondary N) is 1. The molecule has 0 radical (unpaired) electrons. The maximum Gasteiger partial charge on any atom is 0.262 e. The number of amides is 2. The lowest BCUT2D eigenvalue weighted by molar-refractivity contribution is -0.127. The molecule has 1 heterocycles. The van der Waals surface area contributed by atoms with Gasteiger partial charge in [-0.05, 0) is 36.4 Å². The first-order chi connectivity index (χ1) is 12.6. The van der Waals surface area contributed by atoms with Crippen molar-refractivity contribution in [1.82, 2.24) is 5.32 Å². The number of hydrogen-bond donors (Lipinski definition) is 1. The summed E-state index contributed by atoms with van der Waals surface area (Å²) < 4.78 is 10.9. The molecule has 6 nitrogen and oxygen atoms in total. The van der Waals surface area contributed by atoms with Crippen molar-refractivity contribution in [3.8, 4) is 11.5 Å². The number of nitrogens with zero attached hydrogens (tertiary/aromatic N) is 1. The number of methoxy groups -OCH3 is 1. The van der Waals surface area contributed by atoms with E-state index in [1.165, 1.54) is 11.8 Å². The average molecular weight is 372 g/mol. The predicted molar refractivity (Wildman–Crippen MR) is 101 cm³/mol. The normalized spacial score (nSPS) is 15.6. The highest BCUT2D eigenvalue weighted by atomic mass is 32.2. The van der Waals surface area contributed by atoms with Gasteiger partial charge in [0.25, 0.3) is 5.91 Å². The zero-order chi connectivity index (χ0) is 18.5. The van der Waals surface area contributed by atoms with Crippen molar-refractivity contribution < 1.29 is 19.1 Å². The standard InChI is InChI=1S/C19H20N2O4S/c1-20-19(23)17-11-21(15-5-3-4-6-16(15)25-17)18(22)12-26-14-9-7-13(24-2)8-10-14/h3-10,17H,11-12H2,1-2H3,(H,20,23)/t17-/m0/s1. The summed E-state index contributed by atoms with van der Waals surface area (Å²) in [5, 5.41) is 2.57. The van der Waals surface area contributed by atoms with Gasteiger partial charge in [0.1, 0.15) is 11.5 Å². The smallest absolute Gasteiger partial charge is 0.262 e. The topological polar surface area (TPSA) is 67.9 Å². The minimum Gasteiger partial charge on any atom is -0.497 e. The van der Waals surface area contributed by atoms with Crippen molar-refractivity contribution in [2.75, 3.05) is 31.4 Å². The van der Waals surface area contributed by atoms with E-state index in [2.05, 4.69) is 5.32 Å². The lowest BCUT2D eigenvalue weighted by Gasteiger charge is -2.34. The summed E-state index contributed by atoms with van der Waals surface area (Å²) in [6.45, 7) is 0.193. The molecular weight excluding hydrogens is 352 g/mol. The molecule has 0 fully saturated rings. The Labute approximate surface area is 156 Å². The van der Waals surface area contributed by atoms with Gasteiger partial charge in [0.05, 0.1) is 25.1 Å². The molecule has 2 amide bonds. The minimum atomic E-state index is -0.718. The van der Waals surface area contributed by atoms with Crippen LogP contribution in [0.5, 0.6) is 11.5 Å². The SMILES string of the molecule is CNC(=O)[C@@H]1CN(C(=O)CSc2ccc(OC)cc2)c2ccccc2O1. The van der Waals surface area contributed by atoms with E-state index >= 15 is 0 Å². The first kappa shape index (κ1) is 18.1. The number of anilines is 1. The zero-order valence-electron chi connectivity index (χ0n) is 14.6. The maximum atomic E-state index is 12.8. The van der Waals surface area contributed by atoms with E-state index in [0.717, 1.165) is 10.6 Å². The fraction of sp³-hybridized carbons (Fsp3) is 0.263. The third-order valence-electron chi connectivity index (χ3n) is 4.04. The molecule has 0 aliphatic carbocycles. The van der Waals surface area contributed by atoms with Gasteiger partial charge in [0.15, 0.2) is 6.10 Å². The minimum absolute atomic E-state index is 0.0736. The summed E-state index contributed by atoms with van der Waals surface area (Å²) in [5.74, 6) is 1.25. The van der Waals surface area contributed by atoms with Gasteiger partial charge in [-0.25, -0.2) is 0 Å². The molecule has 136 valence electrons. The summed E-state index contributed by atoms with van der Waals surface area (Å²) in [7, 11) is 3.17. The molecule has 0 aromatic heterocycles. The van der Waals surface area contributed by atoms with E-state index in [-0.39, 0.29) is 24.1 Å². The lowest BCUT2D eigenvalue weighted by atomic mass is 10.2. The molecule has 2 aromatic rings. The van der Waals surface area contributed by atoms with Crippen molar-refractivity contribution in [3.63, 3.8) is 0 Å². The Kier molecular flexibility index (Phi) is 5.68. The quantitative estimate of drug-likeness (QED) is 0.816. The molecule has 1 aliphatic rings. The number of ether oxygens (including phenoxy) is 2. The number of benzene rings is 2. The number of thioether (sulfide) groups is 1. The number of carbonyl (C=O) groups is 2. The van der Waals surface area contributed by atoms with Crippen LogP contribution in [-0.2, 0) is 9.59 Å². The predicted octanol–water partition coefficient (Wildman–Crippen LogP) is 2.33. The van der Waals surface area contributed by atoms with E-state index < -0.39 is 6.10 Å². The molecule has 3 rings (SSSR count). The number of hydrogen-bond acceptors (Lipinski definition) is 5. The van der Waals surface area contributed by atoms with Crippen LogP contribution < -0.4 is 19.7 Å². The molecule has 0 bridgehead atoms. The number of carbonyl (C=O) groups excluding carboxylic acids is 2. The number of likely N-dealkylation sites (N-methyl/N-ethyl adjacent to an activating group) is 1. The van der Waals surface area contributed by atoms with Crippen molar-refractivity contribution >= 4 is 29.3 Å². The fourth-order valence-electron chi connectivity index (χ4n) is 2.66. The van der Waals surface area contributed by atoms with Crippen LogP contribution in [0.15, 0.2) is 53.4 Å². The Bertz CT molecular complexity index is 794. The molecule has 0 spiro atoms. The summed E-state index contributed by atoms with van der Waals surface area (Å²) >= 11 is 1.44. The van der Waals surface area contributed by atoms with E-state index in [0.29, 0.717) is 11.4 Å². The van der Waals surface area contributed by atoms with Gasteiger partial charge in [-0.2, -0.15) is 0 Å². The highest BCUT2D eigenvalue weighted by molar-refractivity contribution is 8.00. The number of para-hydroxylation sites is 2. The first-order valence-electron chi connectivity index (χ1n) is 8.17. The highest BCUT2D eigenvalue weighted by Gasteiger charge is 2.33. The Hall–Kier alpha value is -2.67. The van der Waals surface area contributed by atoms with Gasteiger partial charge in [0, 0.05) is 11.9 Å². The maximum absolute atomic E-state index is 12.8. The average Bonchev–Trinajstić information content (AvgIpc) is 2.70. The Morgan fingerprint density at radius 2 is 1.96 bits per heavy atom. The molecule has 7 heteroatoms. The molecule has 2 aromatic carbocycles. The van der Waals surface area contributed by atoms with Crippen LogP contribution >= 0.6 is 11.8 Å². The second-order valence-corrected chi connectivity index (χ2v) is 6.71. The molecule has 1 atom stereocenters. The van der Waals surface area contributed by atoms with Crippen LogP contribution in [0.25, 0.3) is 0 Å². The van der Waals surface area contributed by atoms with E-state index in [4.69, 9.17) is 9.47 Å².